The number of hydrogen-bond acceptors (Lipinski definition) is 0. The molecule has 1 aromatic carbocycles. The topological polar surface area (TPSA) is 0 Å². The standard InChI is InChI=1S/C13H10Cl4/c1-7-4-13(17)10(6-12(7)16)9-5-8(14)2-3-11(9)15/h2-7,12H,1H3. The molecule has 0 nitrogen and oxygen atoms in total. The number of alkyl halides is 1. The maximum atomic E-state index is 6.23. The van der Waals surface area contributed by atoms with E-state index in [4.69, 9.17) is 46.4 Å². The van der Waals surface area contributed by atoms with Crippen molar-refractivity contribution in [2.45, 2.75) is 12.3 Å². The third-order valence-electron chi connectivity index (χ3n) is 2.71. The second-order valence-corrected chi connectivity index (χ2v) is 5.78. The summed E-state index contributed by atoms with van der Waals surface area (Å²) in [6.07, 6.45) is 3.86. The van der Waals surface area contributed by atoms with Crippen molar-refractivity contribution in [2.75, 3.05) is 0 Å². The molecular formula is C13H10Cl4. The van der Waals surface area contributed by atoms with Gasteiger partial charge in [-0.1, -0.05) is 53.9 Å². The van der Waals surface area contributed by atoms with Crippen molar-refractivity contribution in [3.63, 3.8) is 0 Å². The van der Waals surface area contributed by atoms with Gasteiger partial charge in [-0.2, -0.15) is 0 Å². The summed E-state index contributed by atoms with van der Waals surface area (Å²) in [6, 6.07) is 5.30. The van der Waals surface area contributed by atoms with Gasteiger partial charge in [0.15, 0.2) is 0 Å². The highest BCUT2D eigenvalue weighted by Gasteiger charge is 2.21. The van der Waals surface area contributed by atoms with Crippen molar-refractivity contribution in [3.05, 3.63) is 51.0 Å². The molecule has 0 amide bonds. The van der Waals surface area contributed by atoms with Crippen molar-refractivity contribution in [2.24, 2.45) is 5.92 Å². The molecule has 2 unspecified atom stereocenters. The van der Waals surface area contributed by atoms with Crippen LogP contribution in [0, 0.1) is 5.92 Å². The van der Waals surface area contributed by atoms with Gasteiger partial charge in [-0.15, -0.1) is 11.6 Å². The van der Waals surface area contributed by atoms with Crippen LogP contribution in [0.5, 0.6) is 0 Å². The smallest absolute Gasteiger partial charge is 0.0586 e. The van der Waals surface area contributed by atoms with Crippen molar-refractivity contribution in [1.29, 1.82) is 0 Å². The summed E-state index contributed by atoms with van der Waals surface area (Å²) in [5, 5.41) is 1.83. The van der Waals surface area contributed by atoms with Gasteiger partial charge in [-0.25, -0.2) is 0 Å². The van der Waals surface area contributed by atoms with Crippen LogP contribution in [0.4, 0.5) is 0 Å². The zero-order valence-electron chi connectivity index (χ0n) is 9.05. The zero-order chi connectivity index (χ0) is 12.6. The third kappa shape index (κ3) is 2.82. The SMILES string of the molecule is CC1C=C(Cl)C(c2cc(Cl)ccc2Cl)=CC1Cl. The van der Waals surface area contributed by atoms with Crippen LogP contribution in [0.1, 0.15) is 12.5 Å². The second-order valence-electron chi connectivity index (χ2n) is 4.02. The van der Waals surface area contributed by atoms with Crippen LogP contribution in [0.3, 0.4) is 0 Å². The number of benzene rings is 1. The Hall–Kier alpha value is -0.140. The van der Waals surface area contributed by atoms with Crippen LogP contribution in [-0.2, 0) is 0 Å². The Morgan fingerprint density at radius 3 is 2.47 bits per heavy atom. The highest BCUT2D eigenvalue weighted by molar-refractivity contribution is 6.40. The first-order chi connectivity index (χ1) is 7.99. The van der Waals surface area contributed by atoms with Crippen molar-refractivity contribution in [1.82, 2.24) is 0 Å². The van der Waals surface area contributed by atoms with Gasteiger partial charge in [0.05, 0.1) is 5.38 Å². The Kier molecular flexibility index (Phi) is 4.10. The monoisotopic (exact) mass is 306 g/mol. The molecular weight excluding hydrogens is 298 g/mol. The van der Waals surface area contributed by atoms with Crippen LogP contribution in [0.15, 0.2) is 35.4 Å². The molecule has 0 aliphatic heterocycles. The third-order valence-corrected chi connectivity index (χ3v) is 4.13. The molecule has 0 saturated heterocycles. The summed E-state index contributed by atoms with van der Waals surface area (Å²) >= 11 is 24.6. The lowest BCUT2D eigenvalue weighted by atomic mass is 9.93. The Bertz CT molecular complexity index is 502. The van der Waals surface area contributed by atoms with E-state index in [-0.39, 0.29) is 11.3 Å². The van der Waals surface area contributed by atoms with E-state index >= 15 is 0 Å². The fourth-order valence-electron chi connectivity index (χ4n) is 1.73. The summed E-state index contributed by atoms with van der Waals surface area (Å²) in [5.74, 6) is 0.214. The maximum Gasteiger partial charge on any atom is 0.0586 e. The molecule has 17 heavy (non-hydrogen) atoms. The molecule has 90 valence electrons. The van der Waals surface area contributed by atoms with E-state index in [0.29, 0.717) is 15.1 Å². The van der Waals surface area contributed by atoms with Gasteiger partial charge in [0.2, 0.25) is 0 Å². The summed E-state index contributed by atoms with van der Waals surface area (Å²) < 4.78 is 0. The van der Waals surface area contributed by atoms with E-state index in [0.717, 1.165) is 11.1 Å². The lowest BCUT2D eigenvalue weighted by Gasteiger charge is -2.21. The fourth-order valence-corrected chi connectivity index (χ4v) is 2.68. The van der Waals surface area contributed by atoms with Crippen LogP contribution >= 0.6 is 46.4 Å². The molecule has 0 bridgehead atoms. The fraction of sp³-hybridized carbons (Fsp3) is 0.231. The molecule has 1 aliphatic carbocycles. The van der Waals surface area contributed by atoms with E-state index in [9.17, 15) is 0 Å². The highest BCUT2D eigenvalue weighted by atomic mass is 35.5. The predicted molar refractivity (Wildman–Crippen MR) is 77.2 cm³/mol. The van der Waals surface area contributed by atoms with Crippen molar-refractivity contribution < 1.29 is 0 Å². The van der Waals surface area contributed by atoms with E-state index in [2.05, 4.69) is 0 Å². The number of allylic oxidation sites excluding steroid dienone is 4. The summed E-state index contributed by atoms with van der Waals surface area (Å²) in [6.45, 7) is 2.02. The quantitative estimate of drug-likeness (QED) is 0.579. The molecule has 0 fully saturated rings. The van der Waals surface area contributed by atoms with Crippen molar-refractivity contribution in [3.8, 4) is 0 Å². The first kappa shape index (κ1) is 13.3. The summed E-state index contributed by atoms with van der Waals surface area (Å²) in [7, 11) is 0. The Morgan fingerprint density at radius 1 is 1.06 bits per heavy atom. The van der Waals surface area contributed by atoms with E-state index in [1.807, 2.05) is 19.1 Å². The molecule has 4 heteroatoms. The Labute approximate surface area is 121 Å². The highest BCUT2D eigenvalue weighted by Crippen LogP contribution is 2.38. The van der Waals surface area contributed by atoms with Gasteiger partial charge in [-0.3, -0.25) is 0 Å². The minimum atomic E-state index is -0.0810. The molecule has 1 aliphatic rings. The summed E-state index contributed by atoms with van der Waals surface area (Å²) in [5.41, 5.74) is 1.66. The normalized spacial score (nSPS) is 24.3. The Balaban J connectivity index is 2.50. The van der Waals surface area contributed by atoms with Crippen LogP contribution in [0.2, 0.25) is 10.0 Å². The first-order valence-corrected chi connectivity index (χ1v) is 6.75. The lowest BCUT2D eigenvalue weighted by Crippen LogP contribution is -2.11. The van der Waals surface area contributed by atoms with Gasteiger partial charge < -0.3 is 0 Å². The predicted octanol–water partition coefficient (Wildman–Crippen LogP) is 5.76. The van der Waals surface area contributed by atoms with Gasteiger partial charge in [0, 0.05) is 20.6 Å². The molecule has 0 radical (unpaired) electrons. The molecule has 2 rings (SSSR count). The zero-order valence-corrected chi connectivity index (χ0v) is 12.1. The number of halogens is 4. The van der Waals surface area contributed by atoms with Gasteiger partial charge in [0.25, 0.3) is 0 Å². The molecule has 0 saturated carbocycles. The molecule has 0 heterocycles. The van der Waals surface area contributed by atoms with E-state index in [1.165, 1.54) is 0 Å². The van der Waals surface area contributed by atoms with Gasteiger partial charge in [0.1, 0.15) is 0 Å². The van der Waals surface area contributed by atoms with E-state index in [1.54, 1.807) is 18.2 Å². The van der Waals surface area contributed by atoms with Crippen LogP contribution in [0.25, 0.3) is 5.57 Å². The van der Waals surface area contributed by atoms with Gasteiger partial charge in [-0.05, 0) is 29.7 Å². The molecule has 0 spiro atoms. The Morgan fingerprint density at radius 2 is 1.76 bits per heavy atom. The second kappa shape index (κ2) is 5.24. The molecule has 2 atom stereocenters. The minimum absolute atomic E-state index is 0.0810. The van der Waals surface area contributed by atoms with Crippen LogP contribution < -0.4 is 0 Å². The molecule has 0 N–H and O–H groups in total. The molecule has 0 aromatic heterocycles. The number of rotatable bonds is 1. The first-order valence-electron chi connectivity index (χ1n) is 5.18. The largest absolute Gasteiger partial charge is 0.118 e. The minimum Gasteiger partial charge on any atom is -0.118 e. The summed E-state index contributed by atoms with van der Waals surface area (Å²) in [4.78, 5) is 0. The average Bonchev–Trinajstić information content (AvgIpc) is 2.27. The van der Waals surface area contributed by atoms with Gasteiger partial charge >= 0.3 is 0 Å². The maximum absolute atomic E-state index is 6.23. The molecule has 1 aromatic rings. The number of hydrogen-bond donors (Lipinski definition) is 0. The van der Waals surface area contributed by atoms with Crippen LogP contribution in [-0.4, -0.2) is 5.38 Å². The van der Waals surface area contributed by atoms with Crippen molar-refractivity contribution >= 4 is 52.0 Å². The lowest BCUT2D eigenvalue weighted by molar-refractivity contribution is 0.745. The van der Waals surface area contributed by atoms with E-state index < -0.39 is 0 Å². The average molecular weight is 308 g/mol.